The van der Waals surface area contributed by atoms with E-state index in [1.165, 1.54) is 16.4 Å². The van der Waals surface area contributed by atoms with Crippen LogP contribution in [0.2, 0.25) is 0 Å². The van der Waals surface area contributed by atoms with E-state index in [4.69, 9.17) is 5.84 Å². The average molecular weight is 404 g/mol. The van der Waals surface area contributed by atoms with Crippen LogP contribution in [0, 0.1) is 0 Å². The largest absolute Gasteiger partial charge is 0.349 e. The molecular weight excluding hydrogens is 384 g/mol. The SMILES string of the molecule is CC(NC(=O)CSc1nnc(-c2ccccn2)n1N)c1cccc2ccccc12. The van der Waals surface area contributed by atoms with Gasteiger partial charge in [-0.2, -0.15) is 0 Å². The van der Waals surface area contributed by atoms with Crippen LogP contribution in [0.15, 0.2) is 72.0 Å². The van der Waals surface area contributed by atoms with Crippen molar-refractivity contribution in [1.82, 2.24) is 25.2 Å². The van der Waals surface area contributed by atoms with E-state index < -0.39 is 0 Å². The summed E-state index contributed by atoms with van der Waals surface area (Å²) in [5, 5.41) is 13.9. The standard InChI is InChI=1S/C21H20N6OS/c1-14(16-10-6-8-15-7-2-3-9-17(15)16)24-19(28)13-29-21-26-25-20(27(21)22)18-11-4-5-12-23-18/h2-12,14H,13,22H2,1H3,(H,24,28). The zero-order valence-corrected chi connectivity index (χ0v) is 16.6. The fourth-order valence-corrected chi connectivity index (χ4v) is 3.83. The zero-order chi connectivity index (χ0) is 20.2. The number of thioether (sulfide) groups is 1. The third-order valence-corrected chi connectivity index (χ3v) is 5.50. The van der Waals surface area contributed by atoms with Gasteiger partial charge in [-0.1, -0.05) is 60.3 Å². The molecule has 1 amide bonds. The van der Waals surface area contributed by atoms with Gasteiger partial charge < -0.3 is 11.2 Å². The number of aromatic nitrogens is 4. The van der Waals surface area contributed by atoms with Crippen molar-refractivity contribution in [2.45, 2.75) is 18.1 Å². The Kier molecular flexibility index (Phi) is 5.44. The van der Waals surface area contributed by atoms with Gasteiger partial charge in [0.25, 0.3) is 0 Å². The van der Waals surface area contributed by atoms with Gasteiger partial charge in [0.1, 0.15) is 5.69 Å². The summed E-state index contributed by atoms with van der Waals surface area (Å²) in [5.41, 5.74) is 1.71. The molecule has 2 heterocycles. The highest BCUT2D eigenvalue weighted by Gasteiger charge is 2.16. The smallest absolute Gasteiger partial charge is 0.230 e. The summed E-state index contributed by atoms with van der Waals surface area (Å²) in [5.74, 6) is 6.62. The molecular formula is C21H20N6OS. The fraction of sp³-hybridized carbons (Fsp3) is 0.143. The Bertz CT molecular complexity index is 1140. The number of hydrogen-bond donors (Lipinski definition) is 2. The highest BCUT2D eigenvalue weighted by atomic mass is 32.2. The molecule has 0 bridgehead atoms. The number of nitrogens with one attached hydrogen (secondary N) is 1. The Morgan fingerprint density at radius 3 is 2.72 bits per heavy atom. The molecule has 1 atom stereocenters. The van der Waals surface area contributed by atoms with E-state index in [9.17, 15) is 4.79 Å². The number of amides is 1. The molecule has 3 N–H and O–H groups in total. The van der Waals surface area contributed by atoms with Crippen LogP contribution in [0.25, 0.3) is 22.3 Å². The number of carbonyl (C=O) groups is 1. The van der Waals surface area contributed by atoms with Crippen molar-refractivity contribution in [2.75, 3.05) is 11.6 Å². The van der Waals surface area contributed by atoms with Gasteiger partial charge in [-0.3, -0.25) is 9.78 Å². The minimum absolute atomic E-state index is 0.0992. The molecule has 1 unspecified atom stereocenters. The van der Waals surface area contributed by atoms with Crippen molar-refractivity contribution in [3.63, 3.8) is 0 Å². The Morgan fingerprint density at radius 2 is 1.90 bits per heavy atom. The number of nitrogens with two attached hydrogens (primary N) is 1. The predicted molar refractivity (Wildman–Crippen MR) is 115 cm³/mol. The lowest BCUT2D eigenvalue weighted by molar-refractivity contribution is -0.119. The zero-order valence-electron chi connectivity index (χ0n) is 15.8. The highest BCUT2D eigenvalue weighted by Crippen LogP contribution is 2.24. The molecule has 4 aromatic rings. The Morgan fingerprint density at radius 1 is 1.10 bits per heavy atom. The molecule has 8 heteroatoms. The van der Waals surface area contributed by atoms with Crippen LogP contribution < -0.4 is 11.2 Å². The van der Waals surface area contributed by atoms with Crippen LogP contribution in [0.4, 0.5) is 0 Å². The number of nitrogens with zero attached hydrogens (tertiary/aromatic N) is 4. The van der Waals surface area contributed by atoms with Crippen LogP contribution in [-0.2, 0) is 4.79 Å². The monoisotopic (exact) mass is 404 g/mol. The van der Waals surface area contributed by atoms with Gasteiger partial charge in [0.15, 0.2) is 0 Å². The lowest BCUT2D eigenvalue weighted by Crippen LogP contribution is -2.28. The summed E-state index contributed by atoms with van der Waals surface area (Å²) >= 11 is 1.24. The summed E-state index contributed by atoms with van der Waals surface area (Å²) in [6.45, 7) is 1.98. The van der Waals surface area contributed by atoms with Gasteiger partial charge in [-0.25, -0.2) is 4.68 Å². The first kappa shape index (κ1) is 18.9. The predicted octanol–water partition coefficient (Wildman–Crippen LogP) is 3.18. The second kappa shape index (κ2) is 8.32. The average Bonchev–Trinajstić information content (AvgIpc) is 3.12. The second-order valence-corrected chi connectivity index (χ2v) is 7.48. The van der Waals surface area contributed by atoms with E-state index in [1.807, 2.05) is 43.3 Å². The van der Waals surface area contributed by atoms with Crippen molar-refractivity contribution in [1.29, 1.82) is 0 Å². The van der Waals surface area contributed by atoms with Crippen LogP contribution >= 0.6 is 11.8 Å². The molecule has 0 aliphatic heterocycles. The first-order valence-corrected chi connectivity index (χ1v) is 10.1. The first-order chi connectivity index (χ1) is 14.1. The molecule has 0 aliphatic rings. The normalized spacial score (nSPS) is 12.0. The van der Waals surface area contributed by atoms with Gasteiger partial charge in [-0.15, -0.1) is 10.2 Å². The number of rotatable bonds is 6. The minimum atomic E-state index is -0.117. The summed E-state index contributed by atoms with van der Waals surface area (Å²) < 4.78 is 1.36. The number of fused-ring (bicyclic) bond motifs is 1. The molecule has 0 saturated carbocycles. The molecule has 0 saturated heterocycles. The van der Waals surface area contributed by atoms with Crippen LogP contribution in [0.3, 0.4) is 0 Å². The molecule has 2 aromatic carbocycles. The van der Waals surface area contributed by atoms with Crippen molar-refractivity contribution in [2.24, 2.45) is 0 Å². The van der Waals surface area contributed by atoms with Gasteiger partial charge in [0.2, 0.25) is 16.9 Å². The lowest BCUT2D eigenvalue weighted by Gasteiger charge is -2.16. The summed E-state index contributed by atoms with van der Waals surface area (Å²) in [7, 11) is 0. The van der Waals surface area contributed by atoms with E-state index in [1.54, 1.807) is 12.3 Å². The molecule has 0 radical (unpaired) electrons. The maximum atomic E-state index is 12.5. The Labute approximate surface area is 172 Å². The molecule has 2 aromatic heterocycles. The van der Waals surface area contributed by atoms with E-state index in [0.717, 1.165) is 16.3 Å². The molecule has 0 fully saturated rings. The van der Waals surface area contributed by atoms with E-state index in [-0.39, 0.29) is 17.7 Å². The van der Waals surface area contributed by atoms with Gasteiger partial charge >= 0.3 is 0 Å². The quantitative estimate of drug-likeness (QED) is 0.378. The van der Waals surface area contributed by atoms with Crippen molar-refractivity contribution >= 4 is 28.4 Å². The molecule has 0 spiro atoms. The van der Waals surface area contributed by atoms with Crippen LogP contribution in [0.5, 0.6) is 0 Å². The Hall–Kier alpha value is -3.39. The molecule has 0 aliphatic carbocycles. The summed E-state index contributed by atoms with van der Waals surface area (Å²) in [6.07, 6.45) is 1.67. The van der Waals surface area contributed by atoms with E-state index in [2.05, 4.69) is 38.7 Å². The number of carbonyl (C=O) groups excluding carboxylic acids is 1. The third kappa shape index (κ3) is 4.07. The summed E-state index contributed by atoms with van der Waals surface area (Å²) in [4.78, 5) is 16.7. The minimum Gasteiger partial charge on any atom is -0.349 e. The number of pyridine rings is 1. The fourth-order valence-electron chi connectivity index (χ4n) is 3.16. The Balaban J connectivity index is 1.41. The topological polar surface area (TPSA) is 98.7 Å². The number of nitrogen functional groups attached to an aromatic ring is 1. The van der Waals surface area contributed by atoms with Crippen molar-refractivity contribution in [3.8, 4) is 11.5 Å². The first-order valence-electron chi connectivity index (χ1n) is 9.15. The molecule has 29 heavy (non-hydrogen) atoms. The van der Waals surface area contributed by atoms with Gasteiger partial charge in [0.05, 0.1) is 11.8 Å². The van der Waals surface area contributed by atoms with Crippen molar-refractivity contribution in [3.05, 3.63) is 72.4 Å². The van der Waals surface area contributed by atoms with E-state index in [0.29, 0.717) is 16.7 Å². The lowest BCUT2D eigenvalue weighted by atomic mass is 10.00. The maximum absolute atomic E-state index is 12.5. The van der Waals surface area contributed by atoms with Gasteiger partial charge in [0, 0.05) is 6.20 Å². The summed E-state index contributed by atoms with van der Waals surface area (Å²) in [6, 6.07) is 19.6. The van der Waals surface area contributed by atoms with Crippen molar-refractivity contribution < 1.29 is 4.79 Å². The van der Waals surface area contributed by atoms with Crippen LogP contribution in [0.1, 0.15) is 18.5 Å². The molecule has 7 nitrogen and oxygen atoms in total. The maximum Gasteiger partial charge on any atom is 0.230 e. The van der Waals surface area contributed by atoms with E-state index >= 15 is 0 Å². The van der Waals surface area contributed by atoms with Gasteiger partial charge in [-0.05, 0) is 35.4 Å². The molecule has 4 rings (SSSR count). The van der Waals surface area contributed by atoms with Crippen LogP contribution in [-0.4, -0.2) is 31.5 Å². The number of benzene rings is 2. The highest BCUT2D eigenvalue weighted by molar-refractivity contribution is 7.99. The third-order valence-electron chi connectivity index (χ3n) is 4.56. The number of hydrogen-bond acceptors (Lipinski definition) is 6. The molecule has 146 valence electrons. The second-order valence-electron chi connectivity index (χ2n) is 6.54.